The maximum Gasteiger partial charge on any atom is 0.236 e. The molecule has 0 spiro atoms. The van der Waals surface area contributed by atoms with Gasteiger partial charge < -0.3 is 8.83 Å². The topological polar surface area (TPSA) is 118 Å². The molecule has 11 aromatic heterocycles. The van der Waals surface area contributed by atoms with Gasteiger partial charge >= 0.3 is 0 Å². The molecule has 0 unspecified atom stereocenters. The molecule has 0 N–H and O–H groups in total. The minimum Gasteiger partial charge on any atom is -0.456 e. The van der Waals surface area contributed by atoms with Crippen LogP contribution >= 0.6 is 34.0 Å². The summed E-state index contributed by atoms with van der Waals surface area (Å²) in [4.78, 5) is 32.7. The van der Waals surface area contributed by atoms with Crippen LogP contribution in [0.4, 0.5) is 0 Å². The van der Waals surface area contributed by atoms with Gasteiger partial charge in [-0.3, -0.25) is 13.7 Å². The Kier molecular flexibility index (Phi) is 17.1. The summed E-state index contributed by atoms with van der Waals surface area (Å²) in [6, 6.07) is 150. The molecule has 32 aromatic rings. The monoisotopic (exact) mass is 1880 g/mol. The minimum absolute atomic E-state index is 0.317. The third-order valence-electron chi connectivity index (χ3n) is 29.9. The molecule has 666 valence electrons. The van der Waals surface area contributed by atoms with Gasteiger partial charge in [-0.05, 0) is 174 Å². The standard InChI is InChI=1S/C45H29N3O.C42H23N3OS.C42H23N3S2/c1-45(2)35-17-9-7-16-32(35)41-42(45)46-43(29-20-22-39-33(24-29)31-15-8-10-18-38(31)49-39)47-44(41)48-36-21-19-26-11-5-6-14-30(26)40(36)34-23-27-12-3-4-13-28(27)25-37(34)48;1-2-11-26-22-34-33(21-25(26)10-1)31-20-17-24-9-3-4-12-28(24)40(31)45(34)42-43-38(41-39(44-42)32-14-5-7-15-35(32)46-41)27-18-19-30-29-13-6-8-16-36(29)47-37(30)23-27;1-2-11-26-22-34-33(21-25(26)10-1)31-20-17-24-9-3-4-12-28(24)40(31)45(34)42-43-38(41-39(44-42)32-14-6-8-16-36(32)47-41)27-18-19-30-29-13-5-7-15-35(29)46-37(30)23-27/h3-25H,1-2H3;2*1-23H. The smallest absolute Gasteiger partial charge is 0.236 e. The van der Waals surface area contributed by atoms with E-state index in [1.807, 2.05) is 53.0 Å². The van der Waals surface area contributed by atoms with Crippen LogP contribution in [0.25, 0.3) is 297 Å². The predicted molar refractivity (Wildman–Crippen MR) is 601 cm³/mol. The number of thiophene rings is 3. The fourth-order valence-corrected chi connectivity index (χ4v) is 26.7. The first-order valence-corrected chi connectivity index (χ1v) is 50.8. The van der Waals surface area contributed by atoms with E-state index in [4.69, 9.17) is 38.7 Å². The summed E-state index contributed by atoms with van der Waals surface area (Å²) >= 11 is 5.43. The van der Waals surface area contributed by atoms with Gasteiger partial charge in [0.05, 0.1) is 54.7 Å². The molecule has 0 atom stereocenters. The molecule has 11 nitrogen and oxygen atoms in total. The fourth-order valence-electron chi connectivity index (χ4n) is 23.2. The predicted octanol–water partition coefficient (Wildman–Crippen LogP) is 35.9. The molecular formula is C129H75N9O2S3. The van der Waals surface area contributed by atoms with E-state index in [1.165, 1.54) is 153 Å². The minimum atomic E-state index is -0.317. The molecule has 33 rings (SSSR count). The van der Waals surface area contributed by atoms with Crippen LogP contribution in [0.5, 0.6) is 0 Å². The largest absolute Gasteiger partial charge is 0.456 e. The molecule has 0 saturated heterocycles. The highest BCUT2D eigenvalue weighted by Gasteiger charge is 2.41. The van der Waals surface area contributed by atoms with Crippen molar-refractivity contribution in [2.45, 2.75) is 19.3 Å². The van der Waals surface area contributed by atoms with E-state index in [0.29, 0.717) is 23.3 Å². The van der Waals surface area contributed by atoms with E-state index in [2.05, 4.69) is 416 Å². The lowest BCUT2D eigenvalue weighted by Crippen LogP contribution is -2.18. The molecule has 1 aliphatic rings. The zero-order chi connectivity index (χ0) is 93.7. The highest BCUT2D eigenvalue weighted by molar-refractivity contribution is 7.27. The molecule has 1 aliphatic carbocycles. The summed E-state index contributed by atoms with van der Waals surface area (Å²) in [6.45, 7) is 4.58. The maximum absolute atomic E-state index is 6.55. The summed E-state index contributed by atoms with van der Waals surface area (Å²) in [7, 11) is 0. The van der Waals surface area contributed by atoms with Crippen LogP contribution in [0.2, 0.25) is 0 Å². The van der Waals surface area contributed by atoms with Crippen molar-refractivity contribution >= 4 is 269 Å². The van der Waals surface area contributed by atoms with Gasteiger partial charge in [0.15, 0.2) is 11.4 Å². The molecule has 14 heteroatoms. The van der Waals surface area contributed by atoms with Crippen molar-refractivity contribution in [3.05, 3.63) is 430 Å². The highest BCUT2D eigenvalue weighted by Crippen LogP contribution is 2.54. The average molecular weight is 1880 g/mol. The number of hydrogen-bond acceptors (Lipinski definition) is 11. The van der Waals surface area contributed by atoms with Crippen LogP contribution < -0.4 is 0 Å². The molecule has 0 bridgehead atoms. The van der Waals surface area contributed by atoms with Crippen molar-refractivity contribution in [3.63, 3.8) is 0 Å². The normalized spacial score (nSPS) is 12.7. The van der Waals surface area contributed by atoms with Crippen molar-refractivity contribution in [1.82, 2.24) is 43.6 Å². The van der Waals surface area contributed by atoms with E-state index < -0.39 is 0 Å². The first-order chi connectivity index (χ1) is 70.6. The number of nitrogens with zero attached hydrogens (tertiary/aromatic N) is 9. The fraction of sp³-hybridized carbons (Fsp3) is 0.0233. The Hall–Kier alpha value is -17.9. The Morgan fingerprint density at radius 2 is 0.678 bits per heavy atom. The summed E-state index contributed by atoms with van der Waals surface area (Å²) < 4.78 is 27.1. The maximum atomic E-state index is 6.55. The Morgan fingerprint density at radius 1 is 0.252 bits per heavy atom. The number of benzene rings is 21. The van der Waals surface area contributed by atoms with E-state index in [-0.39, 0.29) is 5.41 Å². The average Bonchev–Trinajstić information content (AvgIpc) is 1.54. The van der Waals surface area contributed by atoms with E-state index >= 15 is 0 Å². The second-order valence-electron chi connectivity index (χ2n) is 38.2. The Balaban J connectivity index is 0.0000000981. The summed E-state index contributed by atoms with van der Waals surface area (Å²) in [6.07, 6.45) is 0. The zero-order valence-corrected chi connectivity index (χ0v) is 79.4. The molecule has 0 fully saturated rings. The molecule has 0 amide bonds. The third-order valence-corrected chi connectivity index (χ3v) is 33.3. The van der Waals surface area contributed by atoms with Crippen LogP contribution in [0.15, 0.2) is 427 Å². The van der Waals surface area contributed by atoms with Gasteiger partial charge in [-0.25, -0.2) is 29.9 Å². The summed E-state index contributed by atoms with van der Waals surface area (Å²) in [5, 5.41) is 31.1. The molecule has 11 heterocycles. The van der Waals surface area contributed by atoms with Crippen molar-refractivity contribution < 1.29 is 8.83 Å². The third kappa shape index (κ3) is 12.0. The number of hydrogen-bond donors (Lipinski definition) is 0. The van der Waals surface area contributed by atoms with Crippen molar-refractivity contribution in [2.24, 2.45) is 0 Å². The Labute approximate surface area is 826 Å². The molecule has 21 aromatic carbocycles. The molecule has 0 aliphatic heterocycles. The van der Waals surface area contributed by atoms with Crippen molar-refractivity contribution in [1.29, 1.82) is 0 Å². The van der Waals surface area contributed by atoms with Crippen LogP contribution in [0.3, 0.4) is 0 Å². The molecule has 0 saturated carbocycles. The Bertz CT molecular complexity index is 10800. The van der Waals surface area contributed by atoms with Gasteiger partial charge in [0.2, 0.25) is 11.9 Å². The van der Waals surface area contributed by atoms with E-state index in [9.17, 15) is 0 Å². The quantitative estimate of drug-likeness (QED) is 0.162. The number of para-hydroxylation sites is 2. The second kappa shape index (κ2) is 30.5. The van der Waals surface area contributed by atoms with Gasteiger partial charge in [-0.1, -0.05) is 323 Å². The highest BCUT2D eigenvalue weighted by atomic mass is 32.1. The first-order valence-electron chi connectivity index (χ1n) is 48.3. The number of aromatic nitrogens is 9. The number of furan rings is 2. The number of fused-ring (bicyclic) bond motifs is 36. The second-order valence-corrected chi connectivity index (χ2v) is 41.4. The molecule has 143 heavy (non-hydrogen) atoms. The number of rotatable bonds is 6. The lowest BCUT2D eigenvalue weighted by atomic mass is 9.85. The van der Waals surface area contributed by atoms with Gasteiger partial charge in [-0.15, -0.1) is 34.0 Å². The summed E-state index contributed by atoms with van der Waals surface area (Å²) in [5.74, 6) is 2.93. The van der Waals surface area contributed by atoms with Crippen LogP contribution in [-0.4, -0.2) is 43.6 Å². The van der Waals surface area contributed by atoms with Crippen LogP contribution in [0.1, 0.15) is 25.1 Å². The van der Waals surface area contributed by atoms with Crippen LogP contribution in [-0.2, 0) is 5.41 Å². The van der Waals surface area contributed by atoms with Crippen LogP contribution in [0, 0.1) is 0 Å². The van der Waals surface area contributed by atoms with E-state index in [1.54, 1.807) is 11.3 Å². The first kappa shape index (κ1) is 80.1. The van der Waals surface area contributed by atoms with Crippen molar-refractivity contribution in [2.75, 3.05) is 0 Å². The van der Waals surface area contributed by atoms with E-state index in [0.717, 1.165) is 132 Å². The van der Waals surface area contributed by atoms with Gasteiger partial charge in [-0.2, -0.15) is 0 Å². The summed E-state index contributed by atoms with van der Waals surface area (Å²) in [5.41, 5.74) is 20.9. The van der Waals surface area contributed by atoms with Crippen molar-refractivity contribution in [3.8, 4) is 62.7 Å². The lowest BCUT2D eigenvalue weighted by Gasteiger charge is -2.21. The Morgan fingerprint density at radius 3 is 1.28 bits per heavy atom. The zero-order valence-electron chi connectivity index (χ0n) is 76.9. The van der Waals surface area contributed by atoms with Gasteiger partial charge in [0, 0.05) is 137 Å². The molecular weight excluding hydrogens is 1800 g/mol. The SMILES string of the molecule is CC1(C)c2ccccc2-c2c(-n3c4cc5ccccc5cc4c4c5ccccc5ccc43)nc(-c3ccc4oc5ccccc5c4c3)nc21.c1ccc2cc3c(cc2c1)c1ccc2ccccc2c1n3-c1nc(-c2ccc3c(c2)sc2ccccc23)c2oc3ccccc3c2n1.c1ccc2cc3c(cc2c1)c1ccc2ccccc2c1n3-c1nc(-c2ccc3c(c2)sc2ccccc23)c2sc3ccccc3c2n1. The van der Waals surface area contributed by atoms with Gasteiger partial charge in [0.25, 0.3) is 0 Å². The van der Waals surface area contributed by atoms with Gasteiger partial charge in [0.1, 0.15) is 33.8 Å². The lowest BCUT2D eigenvalue weighted by molar-refractivity contribution is 0.635. The molecule has 0 radical (unpaired) electrons.